The number of halogens is 1. The van der Waals surface area contributed by atoms with Crippen LogP contribution in [0, 0.1) is 12.8 Å². The average molecular weight is 296 g/mol. The molecule has 1 aromatic rings. The molecule has 0 bridgehead atoms. The van der Waals surface area contributed by atoms with Gasteiger partial charge in [0.05, 0.1) is 13.0 Å². The van der Waals surface area contributed by atoms with Crippen LogP contribution >= 0.6 is 11.6 Å². The summed E-state index contributed by atoms with van der Waals surface area (Å²) in [4.78, 5) is 25.9. The second-order valence-electron chi connectivity index (χ2n) is 5.07. The molecule has 1 unspecified atom stereocenters. The highest BCUT2D eigenvalue weighted by molar-refractivity contribution is 6.31. The van der Waals surface area contributed by atoms with Crippen molar-refractivity contribution in [1.82, 2.24) is 4.90 Å². The molecule has 108 valence electrons. The van der Waals surface area contributed by atoms with Crippen LogP contribution in [-0.2, 0) is 9.53 Å². The molecule has 0 N–H and O–H groups in total. The van der Waals surface area contributed by atoms with Gasteiger partial charge in [-0.1, -0.05) is 17.7 Å². The fraction of sp³-hybridized carbons (Fsp3) is 0.467. The number of likely N-dealkylation sites (tertiary alicyclic amines) is 1. The lowest BCUT2D eigenvalue weighted by Gasteiger charge is -2.31. The minimum absolute atomic E-state index is 0.0707. The van der Waals surface area contributed by atoms with E-state index in [1.807, 2.05) is 13.0 Å². The summed E-state index contributed by atoms with van der Waals surface area (Å²) in [5.74, 6) is -0.541. The number of amides is 1. The van der Waals surface area contributed by atoms with Crippen LogP contribution in [0.3, 0.4) is 0 Å². The van der Waals surface area contributed by atoms with Gasteiger partial charge in [0.15, 0.2) is 0 Å². The summed E-state index contributed by atoms with van der Waals surface area (Å²) in [6.07, 6.45) is 1.58. The van der Waals surface area contributed by atoms with Gasteiger partial charge in [-0.05, 0) is 37.5 Å². The lowest BCUT2D eigenvalue weighted by molar-refractivity contribution is -0.146. The Morgan fingerprint density at radius 3 is 2.85 bits per heavy atom. The van der Waals surface area contributed by atoms with E-state index in [4.69, 9.17) is 16.3 Å². The number of benzene rings is 1. The molecule has 1 aromatic carbocycles. The van der Waals surface area contributed by atoms with Gasteiger partial charge in [0.25, 0.3) is 5.91 Å². The first-order chi connectivity index (χ1) is 9.52. The molecule has 1 aliphatic rings. The molecule has 1 fully saturated rings. The zero-order chi connectivity index (χ0) is 14.7. The van der Waals surface area contributed by atoms with Gasteiger partial charge in [-0.3, -0.25) is 9.59 Å². The number of hydrogen-bond donors (Lipinski definition) is 0. The summed E-state index contributed by atoms with van der Waals surface area (Å²) in [6.45, 7) is 2.96. The number of methoxy groups -OCH3 is 1. The summed E-state index contributed by atoms with van der Waals surface area (Å²) >= 11 is 5.96. The van der Waals surface area contributed by atoms with Gasteiger partial charge in [0.1, 0.15) is 0 Å². The molecule has 0 aliphatic carbocycles. The average Bonchev–Trinajstić information content (AvgIpc) is 2.48. The van der Waals surface area contributed by atoms with Crippen LogP contribution in [0.1, 0.15) is 28.8 Å². The van der Waals surface area contributed by atoms with Crippen molar-refractivity contribution >= 4 is 23.5 Å². The molecule has 4 nitrogen and oxygen atoms in total. The zero-order valence-electron chi connectivity index (χ0n) is 11.7. The van der Waals surface area contributed by atoms with E-state index in [2.05, 4.69) is 0 Å². The van der Waals surface area contributed by atoms with Crippen molar-refractivity contribution in [2.24, 2.45) is 5.92 Å². The molecule has 1 atom stereocenters. The van der Waals surface area contributed by atoms with Crippen LogP contribution in [0.25, 0.3) is 0 Å². The number of carbonyl (C=O) groups excluding carboxylic acids is 2. The minimum Gasteiger partial charge on any atom is -0.469 e. The number of carbonyl (C=O) groups is 2. The van der Waals surface area contributed by atoms with E-state index >= 15 is 0 Å². The maximum absolute atomic E-state index is 12.5. The number of nitrogens with zero attached hydrogens (tertiary/aromatic N) is 1. The number of esters is 1. The van der Waals surface area contributed by atoms with Crippen molar-refractivity contribution in [3.8, 4) is 0 Å². The molecular weight excluding hydrogens is 278 g/mol. The largest absolute Gasteiger partial charge is 0.469 e. The maximum atomic E-state index is 12.5. The number of hydrogen-bond acceptors (Lipinski definition) is 3. The Morgan fingerprint density at radius 1 is 1.40 bits per heavy atom. The lowest BCUT2D eigenvalue weighted by atomic mass is 9.97. The summed E-state index contributed by atoms with van der Waals surface area (Å²) in [6, 6.07) is 5.28. The predicted octanol–water partition coefficient (Wildman–Crippen LogP) is 2.67. The second-order valence-corrected chi connectivity index (χ2v) is 5.51. The number of aryl methyl sites for hydroxylation is 1. The molecule has 1 saturated heterocycles. The van der Waals surface area contributed by atoms with Gasteiger partial charge in [-0.15, -0.1) is 0 Å². The van der Waals surface area contributed by atoms with Gasteiger partial charge in [0, 0.05) is 23.7 Å². The van der Waals surface area contributed by atoms with Crippen LogP contribution < -0.4 is 0 Å². The molecule has 1 heterocycles. The molecule has 1 aliphatic heterocycles. The number of ether oxygens (including phenoxy) is 1. The van der Waals surface area contributed by atoms with Crippen LogP contribution in [0.5, 0.6) is 0 Å². The molecule has 5 heteroatoms. The van der Waals surface area contributed by atoms with Crippen molar-refractivity contribution in [3.05, 3.63) is 34.3 Å². The molecule has 0 spiro atoms. The Labute approximate surface area is 123 Å². The summed E-state index contributed by atoms with van der Waals surface area (Å²) < 4.78 is 4.77. The van der Waals surface area contributed by atoms with E-state index in [9.17, 15) is 9.59 Å². The first-order valence-corrected chi connectivity index (χ1v) is 7.04. The Bertz CT molecular complexity index is 530. The quantitative estimate of drug-likeness (QED) is 0.788. The smallest absolute Gasteiger partial charge is 0.310 e. The van der Waals surface area contributed by atoms with Crippen LogP contribution in [-0.4, -0.2) is 37.0 Å². The monoisotopic (exact) mass is 295 g/mol. The van der Waals surface area contributed by atoms with E-state index in [0.29, 0.717) is 23.7 Å². The van der Waals surface area contributed by atoms with E-state index in [1.165, 1.54) is 7.11 Å². The van der Waals surface area contributed by atoms with Gasteiger partial charge in [0.2, 0.25) is 0 Å². The molecule has 1 amide bonds. The van der Waals surface area contributed by atoms with Crippen molar-refractivity contribution in [1.29, 1.82) is 0 Å². The second kappa shape index (κ2) is 6.27. The first-order valence-electron chi connectivity index (χ1n) is 6.66. The van der Waals surface area contributed by atoms with E-state index in [1.54, 1.807) is 17.0 Å². The van der Waals surface area contributed by atoms with E-state index in [-0.39, 0.29) is 17.8 Å². The summed E-state index contributed by atoms with van der Waals surface area (Å²) in [5, 5.41) is 0.542. The molecule has 0 aromatic heterocycles. The highest BCUT2D eigenvalue weighted by atomic mass is 35.5. The van der Waals surface area contributed by atoms with Crippen molar-refractivity contribution < 1.29 is 14.3 Å². The first kappa shape index (κ1) is 14.9. The fourth-order valence-corrected chi connectivity index (χ4v) is 2.69. The van der Waals surface area contributed by atoms with E-state index in [0.717, 1.165) is 18.4 Å². The van der Waals surface area contributed by atoms with Crippen LogP contribution in [0.2, 0.25) is 5.02 Å². The van der Waals surface area contributed by atoms with Crippen molar-refractivity contribution in [2.75, 3.05) is 20.2 Å². The zero-order valence-corrected chi connectivity index (χ0v) is 12.4. The Kier molecular flexibility index (Phi) is 4.65. The molecule has 0 saturated carbocycles. The topological polar surface area (TPSA) is 46.6 Å². The standard InChI is InChI=1S/C15H18ClNO3/c1-10-5-6-12(16)8-13(10)14(18)17-7-3-4-11(9-17)15(19)20-2/h5-6,8,11H,3-4,7,9H2,1-2H3. The fourth-order valence-electron chi connectivity index (χ4n) is 2.52. The minimum atomic E-state index is -0.245. The Balaban J connectivity index is 2.16. The van der Waals surface area contributed by atoms with Gasteiger partial charge >= 0.3 is 5.97 Å². The third-order valence-corrected chi connectivity index (χ3v) is 3.91. The van der Waals surface area contributed by atoms with Crippen molar-refractivity contribution in [2.45, 2.75) is 19.8 Å². The predicted molar refractivity (Wildman–Crippen MR) is 76.8 cm³/mol. The van der Waals surface area contributed by atoms with Crippen LogP contribution in [0.4, 0.5) is 0 Å². The molecule has 2 rings (SSSR count). The highest BCUT2D eigenvalue weighted by Crippen LogP contribution is 2.22. The third kappa shape index (κ3) is 3.12. The SMILES string of the molecule is COC(=O)C1CCCN(C(=O)c2cc(Cl)ccc2C)C1. The Morgan fingerprint density at radius 2 is 2.15 bits per heavy atom. The van der Waals surface area contributed by atoms with E-state index < -0.39 is 0 Å². The lowest BCUT2D eigenvalue weighted by Crippen LogP contribution is -2.42. The summed E-state index contributed by atoms with van der Waals surface area (Å²) in [7, 11) is 1.38. The molecule has 0 radical (unpaired) electrons. The third-order valence-electron chi connectivity index (χ3n) is 3.67. The molecular formula is C15H18ClNO3. The highest BCUT2D eigenvalue weighted by Gasteiger charge is 2.29. The normalized spacial score (nSPS) is 18.8. The number of rotatable bonds is 2. The van der Waals surface area contributed by atoms with Crippen LogP contribution in [0.15, 0.2) is 18.2 Å². The Hall–Kier alpha value is -1.55. The van der Waals surface area contributed by atoms with Gasteiger partial charge < -0.3 is 9.64 Å². The van der Waals surface area contributed by atoms with Gasteiger partial charge in [-0.2, -0.15) is 0 Å². The van der Waals surface area contributed by atoms with Crippen molar-refractivity contribution in [3.63, 3.8) is 0 Å². The molecule has 20 heavy (non-hydrogen) atoms. The van der Waals surface area contributed by atoms with Gasteiger partial charge in [-0.25, -0.2) is 0 Å². The number of piperidine rings is 1. The summed E-state index contributed by atoms with van der Waals surface area (Å²) in [5.41, 5.74) is 1.49. The maximum Gasteiger partial charge on any atom is 0.310 e.